The Hall–Kier alpha value is -3.09. The second-order valence-corrected chi connectivity index (χ2v) is 10.5. The number of Topliss-reactive ketones (excluding diaryl/α,β-unsaturated/α-hetero) is 1. The van der Waals surface area contributed by atoms with Gasteiger partial charge in [0.05, 0.1) is 18.2 Å². The van der Waals surface area contributed by atoms with Crippen LogP contribution < -0.4 is 4.74 Å². The summed E-state index contributed by atoms with van der Waals surface area (Å²) in [4.78, 5) is 28.8. The number of carbonyl (C=O) groups is 2. The molecule has 2 heterocycles. The van der Waals surface area contributed by atoms with Gasteiger partial charge < -0.3 is 14.7 Å². The lowest BCUT2D eigenvalue weighted by atomic mass is 9.98. The molecule has 35 heavy (non-hydrogen) atoms. The standard InChI is InChI=1S/C28H28ClNO4S/c1-17(2)16-34-22-10-6-20(7-11-22)25(31)23-24(27-18(3)13-15-35-27)30(28(33)26(23)32)14-12-19-4-8-21(29)9-5-19/h4-11,13,15,17,24,31H,12,14,16H2,1-3H3/b25-23-. The summed E-state index contributed by atoms with van der Waals surface area (Å²) in [5.74, 6) is -0.373. The number of rotatable bonds is 8. The van der Waals surface area contributed by atoms with Gasteiger partial charge in [-0.05, 0) is 78.2 Å². The fourth-order valence-corrected chi connectivity index (χ4v) is 5.25. The number of likely N-dealkylation sites (tertiary alicyclic amines) is 1. The average molecular weight is 510 g/mol. The molecule has 1 saturated heterocycles. The van der Waals surface area contributed by atoms with Crippen molar-refractivity contribution in [1.82, 2.24) is 4.90 Å². The van der Waals surface area contributed by atoms with Crippen molar-refractivity contribution in [2.24, 2.45) is 5.92 Å². The van der Waals surface area contributed by atoms with Crippen LogP contribution >= 0.6 is 22.9 Å². The number of thiophene rings is 1. The monoisotopic (exact) mass is 509 g/mol. The highest BCUT2D eigenvalue weighted by Crippen LogP contribution is 2.42. The minimum atomic E-state index is -0.670. The number of aliphatic hydroxyl groups excluding tert-OH is 1. The highest BCUT2D eigenvalue weighted by Gasteiger charge is 2.46. The first-order valence-electron chi connectivity index (χ1n) is 11.6. The highest BCUT2D eigenvalue weighted by molar-refractivity contribution is 7.10. The topological polar surface area (TPSA) is 66.8 Å². The molecule has 2 aromatic carbocycles. The molecule has 5 nitrogen and oxygen atoms in total. The number of hydrogen-bond donors (Lipinski definition) is 1. The number of benzene rings is 2. The highest BCUT2D eigenvalue weighted by atomic mass is 35.5. The van der Waals surface area contributed by atoms with Crippen molar-refractivity contribution in [2.45, 2.75) is 33.2 Å². The second-order valence-electron chi connectivity index (χ2n) is 9.07. The molecule has 1 atom stereocenters. The van der Waals surface area contributed by atoms with Gasteiger partial charge in [0.2, 0.25) is 0 Å². The van der Waals surface area contributed by atoms with Gasteiger partial charge in [-0.1, -0.05) is 37.6 Å². The van der Waals surface area contributed by atoms with E-state index in [2.05, 4.69) is 13.8 Å². The average Bonchev–Trinajstić information content (AvgIpc) is 3.37. The smallest absolute Gasteiger partial charge is 0.295 e. The van der Waals surface area contributed by atoms with E-state index in [0.717, 1.165) is 16.0 Å². The maximum Gasteiger partial charge on any atom is 0.295 e. The van der Waals surface area contributed by atoms with Gasteiger partial charge in [-0.2, -0.15) is 0 Å². The molecular weight excluding hydrogens is 482 g/mol. The lowest BCUT2D eigenvalue weighted by Gasteiger charge is -2.25. The zero-order valence-corrected chi connectivity index (χ0v) is 21.5. The lowest BCUT2D eigenvalue weighted by Crippen LogP contribution is -2.31. The fraction of sp³-hybridized carbons (Fsp3) is 0.286. The molecule has 3 aromatic rings. The van der Waals surface area contributed by atoms with Crippen LogP contribution in [0.3, 0.4) is 0 Å². The molecule has 0 aliphatic carbocycles. The van der Waals surface area contributed by atoms with Crippen molar-refractivity contribution in [3.05, 3.63) is 92.1 Å². The predicted octanol–water partition coefficient (Wildman–Crippen LogP) is 6.41. The molecule has 1 aliphatic heterocycles. The van der Waals surface area contributed by atoms with Gasteiger partial charge in [0.15, 0.2) is 0 Å². The fourth-order valence-electron chi connectivity index (χ4n) is 4.08. The molecular formula is C28H28ClNO4S. The van der Waals surface area contributed by atoms with E-state index in [1.54, 1.807) is 41.3 Å². The second kappa shape index (κ2) is 10.7. The summed E-state index contributed by atoms with van der Waals surface area (Å²) in [5, 5.41) is 13.8. The quantitative estimate of drug-likeness (QED) is 0.216. The number of ether oxygens (including phenoxy) is 1. The summed E-state index contributed by atoms with van der Waals surface area (Å²) in [6.45, 7) is 7.01. The molecule has 1 N–H and O–H groups in total. The van der Waals surface area contributed by atoms with Gasteiger partial charge in [0.25, 0.3) is 11.7 Å². The Balaban J connectivity index is 1.68. The number of hydrogen-bond acceptors (Lipinski definition) is 5. The van der Waals surface area contributed by atoms with Gasteiger partial charge in [0, 0.05) is 22.0 Å². The van der Waals surface area contributed by atoms with Crippen LogP contribution in [0.5, 0.6) is 5.75 Å². The number of aliphatic hydroxyl groups is 1. The zero-order valence-electron chi connectivity index (χ0n) is 20.0. The minimum Gasteiger partial charge on any atom is -0.507 e. The normalized spacial score (nSPS) is 17.4. The Kier molecular flexibility index (Phi) is 7.63. The number of aryl methyl sites for hydroxylation is 1. The summed E-state index contributed by atoms with van der Waals surface area (Å²) < 4.78 is 5.73. The predicted molar refractivity (Wildman–Crippen MR) is 140 cm³/mol. The van der Waals surface area contributed by atoms with Crippen molar-refractivity contribution >= 4 is 40.4 Å². The third-order valence-electron chi connectivity index (χ3n) is 5.96. The van der Waals surface area contributed by atoms with Crippen molar-refractivity contribution < 1.29 is 19.4 Å². The van der Waals surface area contributed by atoms with Gasteiger partial charge in [-0.15, -0.1) is 11.3 Å². The summed E-state index contributed by atoms with van der Waals surface area (Å²) >= 11 is 7.47. The maximum atomic E-state index is 13.2. The van der Waals surface area contributed by atoms with Gasteiger partial charge >= 0.3 is 0 Å². The van der Waals surface area contributed by atoms with Crippen LogP contribution in [0.25, 0.3) is 5.76 Å². The maximum absolute atomic E-state index is 13.2. The van der Waals surface area contributed by atoms with E-state index in [0.29, 0.717) is 41.8 Å². The van der Waals surface area contributed by atoms with E-state index < -0.39 is 17.7 Å². The molecule has 1 aliphatic rings. The Morgan fingerprint density at radius 1 is 1.09 bits per heavy atom. The van der Waals surface area contributed by atoms with Gasteiger partial charge in [0.1, 0.15) is 11.5 Å². The van der Waals surface area contributed by atoms with E-state index in [9.17, 15) is 14.7 Å². The van der Waals surface area contributed by atoms with E-state index >= 15 is 0 Å². The molecule has 1 unspecified atom stereocenters. The first-order chi connectivity index (χ1) is 16.8. The molecule has 0 saturated carbocycles. The van der Waals surface area contributed by atoms with Crippen LogP contribution in [0.4, 0.5) is 0 Å². The third-order valence-corrected chi connectivity index (χ3v) is 7.28. The molecule has 7 heteroatoms. The number of carbonyl (C=O) groups excluding carboxylic acids is 2. The van der Waals surface area contributed by atoms with Crippen LogP contribution in [-0.4, -0.2) is 34.8 Å². The number of nitrogens with zero attached hydrogens (tertiary/aromatic N) is 1. The largest absolute Gasteiger partial charge is 0.507 e. The Labute approximate surface area is 214 Å². The van der Waals surface area contributed by atoms with Crippen molar-refractivity contribution in [3.8, 4) is 5.75 Å². The Morgan fingerprint density at radius 2 is 1.77 bits per heavy atom. The van der Waals surface area contributed by atoms with Gasteiger partial charge in [-0.3, -0.25) is 9.59 Å². The molecule has 0 bridgehead atoms. The number of amides is 1. The Morgan fingerprint density at radius 3 is 2.37 bits per heavy atom. The zero-order chi connectivity index (χ0) is 25.1. The van der Waals surface area contributed by atoms with Crippen molar-refractivity contribution in [3.63, 3.8) is 0 Å². The molecule has 1 aromatic heterocycles. The molecule has 4 rings (SSSR count). The first kappa shape index (κ1) is 25.0. The van der Waals surface area contributed by atoms with E-state index in [-0.39, 0.29) is 11.3 Å². The summed E-state index contributed by atoms with van der Waals surface area (Å²) in [6, 6.07) is 15.7. The molecule has 0 spiro atoms. The van der Waals surface area contributed by atoms with Crippen LogP contribution in [0.1, 0.15) is 41.5 Å². The molecule has 0 radical (unpaired) electrons. The minimum absolute atomic E-state index is 0.118. The molecule has 1 fully saturated rings. The summed E-state index contributed by atoms with van der Waals surface area (Å²) in [7, 11) is 0. The van der Waals surface area contributed by atoms with Crippen LogP contribution in [-0.2, 0) is 16.0 Å². The number of halogens is 1. The van der Waals surface area contributed by atoms with E-state index in [1.807, 2.05) is 30.5 Å². The first-order valence-corrected chi connectivity index (χ1v) is 12.8. The third kappa shape index (κ3) is 5.44. The Bertz CT molecular complexity index is 1240. The summed E-state index contributed by atoms with van der Waals surface area (Å²) in [6.07, 6.45) is 0.563. The molecule has 182 valence electrons. The van der Waals surface area contributed by atoms with Crippen molar-refractivity contribution in [1.29, 1.82) is 0 Å². The summed E-state index contributed by atoms with van der Waals surface area (Å²) in [5.41, 5.74) is 2.57. The van der Waals surface area contributed by atoms with E-state index in [1.165, 1.54) is 11.3 Å². The lowest BCUT2D eigenvalue weighted by molar-refractivity contribution is -0.139. The molecule has 1 amide bonds. The van der Waals surface area contributed by atoms with Crippen LogP contribution in [0.15, 0.2) is 65.6 Å². The van der Waals surface area contributed by atoms with Gasteiger partial charge in [-0.25, -0.2) is 0 Å². The van der Waals surface area contributed by atoms with Crippen LogP contribution in [0.2, 0.25) is 5.02 Å². The van der Waals surface area contributed by atoms with Crippen LogP contribution in [0, 0.1) is 12.8 Å². The SMILES string of the molecule is Cc1ccsc1C1/C(=C(/O)c2ccc(OCC(C)C)cc2)C(=O)C(=O)N1CCc1ccc(Cl)cc1. The van der Waals surface area contributed by atoms with E-state index in [4.69, 9.17) is 16.3 Å². The van der Waals surface area contributed by atoms with Crippen molar-refractivity contribution in [2.75, 3.05) is 13.2 Å². The number of ketones is 1.